The highest BCUT2D eigenvalue weighted by molar-refractivity contribution is 4.94. The zero-order chi connectivity index (χ0) is 25.5. The van der Waals surface area contributed by atoms with Gasteiger partial charge in [-0.2, -0.15) is 74.6 Å². The summed E-state index contributed by atoms with van der Waals surface area (Å²) in [7, 11) is 0. The lowest BCUT2D eigenvalue weighted by molar-refractivity contribution is -0.553. The molecule has 0 saturated heterocycles. The van der Waals surface area contributed by atoms with Gasteiger partial charge in [-0.05, 0) is 6.92 Å². The molecule has 0 heterocycles. The Hall–Kier alpha value is -1.31. The quantitative estimate of drug-likeness (QED) is 0.362. The third-order valence-electron chi connectivity index (χ3n) is 2.93. The van der Waals surface area contributed by atoms with E-state index in [1.54, 1.807) is 0 Å². The third kappa shape index (κ3) is 5.55. The summed E-state index contributed by atoms with van der Waals surface area (Å²) >= 11 is 0. The van der Waals surface area contributed by atoms with E-state index >= 15 is 0 Å². The van der Waals surface area contributed by atoms with Gasteiger partial charge in [-0.3, -0.25) is 9.47 Å². The molecule has 0 spiro atoms. The van der Waals surface area contributed by atoms with E-state index in [9.17, 15) is 74.6 Å². The molecular weight excluding hydrogens is 503 g/mol. The number of alkyl halides is 17. The molecular formula is C11H7F17O3. The maximum Gasteiger partial charge on any atom is 0.462 e. The van der Waals surface area contributed by atoms with E-state index < -0.39 is 61.6 Å². The number of halogens is 17. The summed E-state index contributed by atoms with van der Waals surface area (Å²) in [5.41, 5.74) is 0. The van der Waals surface area contributed by atoms with Crippen LogP contribution in [0.5, 0.6) is 0 Å². The molecule has 0 bridgehead atoms. The molecule has 0 amide bonds. The Kier molecular flexibility index (Phi) is 7.89. The molecule has 3 nitrogen and oxygen atoms in total. The van der Waals surface area contributed by atoms with Crippen molar-refractivity contribution in [1.29, 1.82) is 0 Å². The Morgan fingerprint density at radius 3 is 1.23 bits per heavy atom. The smallest absolute Gasteiger partial charge is 0.375 e. The summed E-state index contributed by atoms with van der Waals surface area (Å²) in [5, 5.41) is 0. The Balaban J connectivity index is 6.51. The lowest BCUT2D eigenvalue weighted by atomic mass is 10.2. The van der Waals surface area contributed by atoms with E-state index in [0.717, 1.165) is 6.92 Å². The minimum atomic E-state index is -7.87. The highest BCUT2D eigenvalue weighted by Gasteiger charge is 2.85. The fourth-order valence-electron chi connectivity index (χ4n) is 1.36. The van der Waals surface area contributed by atoms with E-state index in [4.69, 9.17) is 0 Å². The summed E-state index contributed by atoms with van der Waals surface area (Å²) in [6.07, 6.45) is -37.6. The fraction of sp³-hybridized carbons (Fsp3) is 1.00. The predicted molar refractivity (Wildman–Crippen MR) is 59.3 cm³/mol. The summed E-state index contributed by atoms with van der Waals surface area (Å²) < 4.78 is 224. The minimum absolute atomic E-state index is 0.771. The number of hydrogen-bond donors (Lipinski definition) is 0. The lowest BCUT2D eigenvalue weighted by Crippen LogP contribution is -2.67. The van der Waals surface area contributed by atoms with Gasteiger partial charge in [0, 0.05) is 6.61 Å². The molecule has 0 radical (unpaired) electrons. The van der Waals surface area contributed by atoms with Gasteiger partial charge in [-0.15, -0.1) is 0 Å². The molecule has 0 aliphatic carbocycles. The molecule has 0 aromatic carbocycles. The monoisotopic (exact) mass is 510 g/mol. The number of hydrogen-bond acceptors (Lipinski definition) is 3. The largest absolute Gasteiger partial charge is 0.462 e. The van der Waals surface area contributed by atoms with Crippen LogP contribution in [0.4, 0.5) is 74.6 Å². The van der Waals surface area contributed by atoms with Crippen molar-refractivity contribution in [3.8, 4) is 0 Å². The van der Waals surface area contributed by atoms with Crippen LogP contribution >= 0.6 is 0 Å². The second kappa shape index (κ2) is 8.23. The van der Waals surface area contributed by atoms with Crippen LogP contribution in [0.25, 0.3) is 0 Å². The standard InChI is InChI=1S/C11H7F17O3/c1-2-29-3-4(12,7(16,17)18)30-11(27,28)6(15,9(22,23)24)31-10(25,26)5(13,14)8(19,20)21/h2-3H2,1H3. The van der Waals surface area contributed by atoms with Crippen LogP contribution in [0.2, 0.25) is 0 Å². The Bertz CT molecular complexity index is 608. The van der Waals surface area contributed by atoms with Gasteiger partial charge >= 0.3 is 48.4 Å². The molecule has 0 aliphatic rings. The van der Waals surface area contributed by atoms with Crippen LogP contribution in [0.3, 0.4) is 0 Å². The van der Waals surface area contributed by atoms with Crippen LogP contribution in [0.15, 0.2) is 0 Å². The summed E-state index contributed by atoms with van der Waals surface area (Å²) in [6.45, 7) is -2.97. The van der Waals surface area contributed by atoms with Gasteiger partial charge in [0.1, 0.15) is 6.61 Å². The van der Waals surface area contributed by atoms with Gasteiger partial charge < -0.3 is 4.74 Å². The Labute approximate surface area is 159 Å². The first kappa shape index (κ1) is 29.7. The molecule has 2 atom stereocenters. The first-order valence-corrected chi connectivity index (χ1v) is 6.92. The molecule has 0 aromatic rings. The molecule has 31 heavy (non-hydrogen) atoms. The van der Waals surface area contributed by atoms with Crippen molar-refractivity contribution in [2.45, 2.75) is 55.3 Å². The van der Waals surface area contributed by atoms with Gasteiger partial charge in [0.25, 0.3) is 0 Å². The van der Waals surface area contributed by atoms with Crippen molar-refractivity contribution in [3.63, 3.8) is 0 Å². The van der Waals surface area contributed by atoms with Gasteiger partial charge in [0.05, 0.1) is 0 Å². The van der Waals surface area contributed by atoms with E-state index in [1.165, 1.54) is 4.74 Å². The Morgan fingerprint density at radius 2 is 0.935 bits per heavy atom. The average Bonchev–Trinajstić information content (AvgIpc) is 2.48. The molecule has 0 N–H and O–H groups in total. The molecule has 0 fully saturated rings. The van der Waals surface area contributed by atoms with Crippen molar-refractivity contribution in [2.75, 3.05) is 13.2 Å². The van der Waals surface area contributed by atoms with Crippen molar-refractivity contribution in [2.24, 2.45) is 0 Å². The van der Waals surface area contributed by atoms with Crippen LogP contribution in [0.1, 0.15) is 6.92 Å². The first-order valence-electron chi connectivity index (χ1n) is 6.92. The van der Waals surface area contributed by atoms with Crippen molar-refractivity contribution >= 4 is 0 Å². The topological polar surface area (TPSA) is 27.7 Å². The van der Waals surface area contributed by atoms with Crippen LogP contribution < -0.4 is 0 Å². The SMILES string of the molecule is CCOCC(F)(OC(F)(F)C(F)(OC(F)(F)C(F)(F)C(F)(F)F)C(F)(F)F)C(F)(F)F. The van der Waals surface area contributed by atoms with Crippen LogP contribution in [-0.4, -0.2) is 61.6 Å². The number of rotatable bonds is 9. The third-order valence-corrected chi connectivity index (χ3v) is 2.93. The van der Waals surface area contributed by atoms with Crippen molar-refractivity contribution in [1.82, 2.24) is 0 Å². The van der Waals surface area contributed by atoms with E-state index in [-0.39, 0.29) is 0 Å². The lowest BCUT2D eigenvalue weighted by Gasteiger charge is -2.40. The van der Waals surface area contributed by atoms with Gasteiger partial charge in [-0.25, -0.2) is 0 Å². The molecule has 2 unspecified atom stereocenters. The van der Waals surface area contributed by atoms with Crippen LogP contribution in [0, 0.1) is 0 Å². The molecule has 0 saturated carbocycles. The zero-order valence-corrected chi connectivity index (χ0v) is 14.1. The predicted octanol–water partition coefficient (Wildman–Crippen LogP) is 5.90. The highest BCUT2D eigenvalue weighted by atomic mass is 19.4. The first-order chi connectivity index (χ1) is 13.2. The van der Waals surface area contributed by atoms with E-state index in [0.29, 0.717) is 0 Å². The maximum absolute atomic E-state index is 13.8. The normalized spacial score (nSPS) is 19.2. The average molecular weight is 510 g/mol. The van der Waals surface area contributed by atoms with Crippen molar-refractivity contribution in [3.05, 3.63) is 0 Å². The minimum Gasteiger partial charge on any atom is -0.375 e. The maximum atomic E-state index is 13.8. The summed E-state index contributed by atoms with van der Waals surface area (Å²) in [5.74, 6) is -21.8. The van der Waals surface area contributed by atoms with Crippen LogP contribution in [-0.2, 0) is 14.2 Å². The summed E-state index contributed by atoms with van der Waals surface area (Å²) in [4.78, 5) is 0. The number of ether oxygens (including phenoxy) is 3. The fourth-order valence-corrected chi connectivity index (χ4v) is 1.36. The second-order valence-corrected chi connectivity index (χ2v) is 5.27. The van der Waals surface area contributed by atoms with E-state index in [1.807, 2.05) is 4.74 Å². The van der Waals surface area contributed by atoms with Gasteiger partial charge in [0.2, 0.25) is 0 Å². The second-order valence-electron chi connectivity index (χ2n) is 5.27. The van der Waals surface area contributed by atoms with Gasteiger partial charge in [0.15, 0.2) is 0 Å². The van der Waals surface area contributed by atoms with Gasteiger partial charge in [-0.1, -0.05) is 0 Å². The van der Waals surface area contributed by atoms with Crippen molar-refractivity contribution < 1.29 is 88.8 Å². The Morgan fingerprint density at radius 1 is 0.516 bits per heavy atom. The molecule has 0 aromatic heterocycles. The van der Waals surface area contributed by atoms with E-state index in [2.05, 4.69) is 4.74 Å². The summed E-state index contributed by atoms with van der Waals surface area (Å²) in [6, 6.07) is 0. The highest BCUT2D eigenvalue weighted by Crippen LogP contribution is 2.56. The molecule has 188 valence electrons. The molecule has 0 aliphatic heterocycles. The molecule has 0 rings (SSSR count). The zero-order valence-electron chi connectivity index (χ0n) is 14.1. The molecule has 20 heteroatoms.